The summed E-state index contributed by atoms with van der Waals surface area (Å²) in [5, 5.41) is 23.2. The first kappa shape index (κ1) is 27.6. The molecule has 9 heteroatoms. The first-order valence-corrected chi connectivity index (χ1v) is 12.8. The van der Waals surface area contributed by atoms with Crippen molar-refractivity contribution < 1.29 is 24.6 Å². The minimum atomic E-state index is -0.729. The van der Waals surface area contributed by atoms with Gasteiger partial charge >= 0.3 is 18.0 Å². The molecule has 0 aliphatic carbocycles. The van der Waals surface area contributed by atoms with Crippen LogP contribution in [0.1, 0.15) is 89.9 Å². The van der Waals surface area contributed by atoms with E-state index < -0.39 is 11.9 Å². The molecule has 0 aromatic heterocycles. The summed E-state index contributed by atoms with van der Waals surface area (Å²) in [6, 6.07) is 0.440. The fraction of sp³-hybridized carbons (Fsp3) is 0.864. The second kappa shape index (κ2) is 17.1. The van der Waals surface area contributed by atoms with Gasteiger partial charge in [-0.15, -0.1) is 0 Å². The Labute approximate surface area is 190 Å². The summed E-state index contributed by atoms with van der Waals surface area (Å²) in [6.45, 7) is 0.815. The molecule has 2 heterocycles. The molecule has 0 spiro atoms. The molecule has 2 amide bonds. The van der Waals surface area contributed by atoms with E-state index in [0.717, 1.165) is 50.8 Å². The normalized spacial score (nSPS) is 21.6. The van der Waals surface area contributed by atoms with Crippen molar-refractivity contribution in [2.45, 2.75) is 107 Å². The van der Waals surface area contributed by atoms with Gasteiger partial charge in [-0.3, -0.25) is 9.59 Å². The molecule has 2 aliphatic rings. The average Bonchev–Trinajstić information content (AvgIpc) is 3.26. The summed E-state index contributed by atoms with van der Waals surface area (Å²) in [5.41, 5.74) is 5.40. The third-order valence-corrected chi connectivity index (χ3v) is 7.17. The molecule has 0 aromatic rings. The van der Waals surface area contributed by atoms with E-state index in [1.165, 1.54) is 38.5 Å². The molecular weight excluding hydrogens is 418 g/mol. The van der Waals surface area contributed by atoms with E-state index >= 15 is 0 Å². The topological polar surface area (TPSA) is 142 Å². The number of thioether (sulfide) groups is 1. The number of carboxylic acids is 2. The summed E-state index contributed by atoms with van der Waals surface area (Å²) < 4.78 is 0. The van der Waals surface area contributed by atoms with Crippen LogP contribution in [0.5, 0.6) is 0 Å². The van der Waals surface area contributed by atoms with Crippen LogP contribution in [0.15, 0.2) is 0 Å². The Balaban J connectivity index is 0.000000311. The van der Waals surface area contributed by atoms with Crippen LogP contribution in [0.4, 0.5) is 4.79 Å². The van der Waals surface area contributed by atoms with Gasteiger partial charge in [0.25, 0.3) is 0 Å². The van der Waals surface area contributed by atoms with E-state index in [1.54, 1.807) is 0 Å². The van der Waals surface area contributed by atoms with Gasteiger partial charge in [-0.05, 0) is 32.2 Å². The first-order valence-electron chi connectivity index (χ1n) is 11.8. The third kappa shape index (κ3) is 13.5. The number of hydrogen-bond acceptors (Lipinski definition) is 5. The Kier molecular flexibility index (Phi) is 15.2. The highest BCUT2D eigenvalue weighted by Crippen LogP contribution is 2.33. The summed E-state index contributed by atoms with van der Waals surface area (Å²) in [4.78, 5) is 31.7. The lowest BCUT2D eigenvalue weighted by Gasteiger charge is -2.16. The molecule has 0 radical (unpaired) electrons. The number of hydrogen-bond donors (Lipinski definition) is 5. The van der Waals surface area contributed by atoms with Crippen molar-refractivity contribution in [3.05, 3.63) is 0 Å². The van der Waals surface area contributed by atoms with Crippen molar-refractivity contribution in [3.63, 3.8) is 0 Å². The van der Waals surface area contributed by atoms with Crippen molar-refractivity contribution in [1.82, 2.24) is 10.6 Å². The number of carbonyl (C=O) groups excluding carboxylic acids is 1. The summed E-state index contributed by atoms with van der Waals surface area (Å²) in [5.74, 6) is -0.433. The molecule has 0 unspecified atom stereocenters. The van der Waals surface area contributed by atoms with Gasteiger partial charge in [-0.25, -0.2) is 4.79 Å². The largest absolute Gasteiger partial charge is 0.481 e. The molecule has 2 saturated heterocycles. The van der Waals surface area contributed by atoms with Gasteiger partial charge in [0.1, 0.15) is 0 Å². The van der Waals surface area contributed by atoms with E-state index in [4.69, 9.17) is 15.9 Å². The number of carboxylic acid groups (broad SMARTS) is 2. The fourth-order valence-corrected chi connectivity index (χ4v) is 5.47. The van der Waals surface area contributed by atoms with E-state index in [0.29, 0.717) is 11.7 Å². The predicted molar refractivity (Wildman–Crippen MR) is 124 cm³/mol. The molecule has 8 nitrogen and oxygen atoms in total. The van der Waals surface area contributed by atoms with Gasteiger partial charge in [0.05, 0.1) is 12.1 Å². The average molecular weight is 460 g/mol. The standard InChI is InChI=1S/C12H25NO2.C10H16N2O3S/c13-11-9-7-5-3-1-2-4-6-8-10-12(14)15;13-8(14)4-2-1-3-7-9-6(5-16-7)11-10(15)12-9/h1-11,13H2,(H,14,15);6-7,9H,1-5H2,(H,13,14)(H2,11,12,15)/t;6-,7-,9-/m.0/s1. The van der Waals surface area contributed by atoms with Crippen molar-refractivity contribution in [2.24, 2.45) is 5.73 Å². The number of carbonyl (C=O) groups is 3. The number of fused-ring (bicyclic) bond motifs is 1. The Morgan fingerprint density at radius 1 is 0.839 bits per heavy atom. The van der Waals surface area contributed by atoms with Crippen LogP contribution in [0.3, 0.4) is 0 Å². The van der Waals surface area contributed by atoms with Gasteiger partial charge in [-0.2, -0.15) is 11.8 Å². The van der Waals surface area contributed by atoms with Crippen molar-refractivity contribution in [1.29, 1.82) is 0 Å². The Hall–Kier alpha value is -1.48. The third-order valence-electron chi connectivity index (χ3n) is 5.66. The van der Waals surface area contributed by atoms with Crippen molar-refractivity contribution >= 4 is 29.7 Å². The van der Waals surface area contributed by atoms with Gasteiger partial charge in [0.15, 0.2) is 0 Å². The highest BCUT2D eigenvalue weighted by Gasteiger charge is 2.42. The lowest BCUT2D eigenvalue weighted by Crippen LogP contribution is -2.36. The highest BCUT2D eigenvalue weighted by molar-refractivity contribution is 8.00. The molecule has 0 bridgehead atoms. The molecule has 0 saturated carbocycles. The highest BCUT2D eigenvalue weighted by atomic mass is 32.2. The van der Waals surface area contributed by atoms with Crippen LogP contribution in [0, 0.1) is 0 Å². The molecule has 31 heavy (non-hydrogen) atoms. The number of unbranched alkanes of at least 4 members (excludes halogenated alkanes) is 9. The SMILES string of the molecule is NCCCCCCCCCCCC(=O)O.O=C(O)CCCC[C@@H]1SC[C@@H]2NC(=O)N[C@@H]21. The molecule has 6 N–H and O–H groups in total. The number of urea groups is 1. The number of rotatable bonds is 16. The zero-order valence-corrected chi connectivity index (χ0v) is 19.5. The van der Waals surface area contributed by atoms with Crippen LogP contribution >= 0.6 is 11.8 Å². The van der Waals surface area contributed by atoms with E-state index in [2.05, 4.69) is 10.6 Å². The smallest absolute Gasteiger partial charge is 0.315 e. The minimum Gasteiger partial charge on any atom is -0.481 e. The van der Waals surface area contributed by atoms with Crippen molar-refractivity contribution in [2.75, 3.05) is 12.3 Å². The maximum atomic E-state index is 11.1. The molecule has 2 aliphatic heterocycles. The van der Waals surface area contributed by atoms with Crippen LogP contribution in [-0.2, 0) is 9.59 Å². The van der Waals surface area contributed by atoms with Crippen LogP contribution in [0.2, 0.25) is 0 Å². The lowest BCUT2D eigenvalue weighted by atomic mass is 10.0. The lowest BCUT2D eigenvalue weighted by molar-refractivity contribution is -0.138. The van der Waals surface area contributed by atoms with E-state index in [-0.39, 0.29) is 24.5 Å². The number of amides is 2. The van der Waals surface area contributed by atoms with Gasteiger partial charge < -0.3 is 26.6 Å². The zero-order valence-electron chi connectivity index (χ0n) is 18.7. The Bertz CT molecular complexity index is 535. The number of nitrogens with one attached hydrogen (secondary N) is 2. The Morgan fingerprint density at radius 3 is 1.90 bits per heavy atom. The molecule has 3 atom stereocenters. The second-order valence-electron chi connectivity index (χ2n) is 8.38. The molecule has 2 rings (SSSR count). The minimum absolute atomic E-state index is 0.0640. The maximum Gasteiger partial charge on any atom is 0.315 e. The maximum absolute atomic E-state index is 11.1. The van der Waals surface area contributed by atoms with E-state index in [1.807, 2.05) is 11.8 Å². The summed E-state index contributed by atoms with van der Waals surface area (Å²) in [6.07, 6.45) is 13.9. The summed E-state index contributed by atoms with van der Waals surface area (Å²) >= 11 is 1.87. The quantitative estimate of drug-likeness (QED) is 0.175. The van der Waals surface area contributed by atoms with Crippen LogP contribution in [-0.4, -0.2) is 57.8 Å². The Morgan fingerprint density at radius 2 is 1.35 bits per heavy atom. The molecule has 180 valence electrons. The zero-order chi connectivity index (χ0) is 22.9. The predicted octanol–water partition coefficient (Wildman–Crippen LogP) is 3.73. The number of nitrogens with two attached hydrogens (primary N) is 1. The van der Waals surface area contributed by atoms with Gasteiger partial charge in [0, 0.05) is 23.8 Å². The van der Waals surface area contributed by atoms with Crippen LogP contribution in [0.25, 0.3) is 0 Å². The van der Waals surface area contributed by atoms with Crippen molar-refractivity contribution in [3.8, 4) is 0 Å². The van der Waals surface area contributed by atoms with Gasteiger partial charge in [-0.1, -0.05) is 51.4 Å². The van der Waals surface area contributed by atoms with Gasteiger partial charge in [0.2, 0.25) is 0 Å². The summed E-state index contributed by atoms with van der Waals surface area (Å²) in [7, 11) is 0. The molecular formula is C22H41N3O5S. The fourth-order valence-electron chi connectivity index (χ4n) is 3.92. The molecule has 0 aromatic carbocycles. The van der Waals surface area contributed by atoms with Crippen LogP contribution < -0.4 is 16.4 Å². The second-order valence-corrected chi connectivity index (χ2v) is 9.65. The monoisotopic (exact) mass is 459 g/mol. The first-order chi connectivity index (χ1) is 14.9. The molecule has 2 fully saturated rings. The van der Waals surface area contributed by atoms with E-state index in [9.17, 15) is 14.4 Å². The number of aliphatic carboxylic acids is 2.